The lowest BCUT2D eigenvalue weighted by atomic mass is 10.1. The molecule has 0 aromatic carbocycles. The minimum Gasteiger partial charge on any atom is -0.373 e. The van der Waals surface area contributed by atoms with Crippen LogP contribution in [0.2, 0.25) is 0 Å². The number of nitrogens with zero attached hydrogens (tertiary/aromatic N) is 2. The first-order chi connectivity index (χ1) is 6.90. The van der Waals surface area contributed by atoms with E-state index in [4.69, 9.17) is 0 Å². The first-order valence-corrected chi connectivity index (χ1v) is 5.29. The number of rotatable bonds is 2. The van der Waals surface area contributed by atoms with Gasteiger partial charge >= 0.3 is 0 Å². The Kier molecular flexibility index (Phi) is 2.87. The fraction of sp³-hybridized carbons (Fsp3) is 0.545. The molecule has 1 fully saturated rings. The van der Waals surface area contributed by atoms with Crippen LogP contribution in [0.15, 0.2) is 18.3 Å². The molecule has 0 aliphatic carbocycles. The Morgan fingerprint density at radius 2 is 2.00 bits per heavy atom. The van der Waals surface area contributed by atoms with Crippen molar-refractivity contribution in [2.75, 3.05) is 30.4 Å². The number of aromatic nitrogens is 1. The van der Waals surface area contributed by atoms with Gasteiger partial charge in [-0.05, 0) is 31.4 Å². The summed E-state index contributed by atoms with van der Waals surface area (Å²) in [4.78, 5) is 6.73. The zero-order valence-electron chi connectivity index (χ0n) is 8.66. The quantitative estimate of drug-likeness (QED) is 0.776. The molecule has 0 bridgehead atoms. The van der Waals surface area contributed by atoms with Gasteiger partial charge in [-0.2, -0.15) is 0 Å². The van der Waals surface area contributed by atoms with Crippen molar-refractivity contribution < 1.29 is 0 Å². The van der Waals surface area contributed by atoms with Crippen molar-refractivity contribution in [1.29, 1.82) is 0 Å². The smallest absolute Gasteiger partial charge is 0.125 e. The Bertz CT molecular complexity index is 275. The average Bonchev–Trinajstić information content (AvgIpc) is 2.30. The zero-order valence-corrected chi connectivity index (χ0v) is 8.66. The molecular formula is C11H17N3. The molecular weight excluding hydrogens is 174 g/mol. The van der Waals surface area contributed by atoms with Crippen LogP contribution in [0, 0.1) is 0 Å². The Hall–Kier alpha value is -1.25. The molecule has 0 saturated carbocycles. The minimum absolute atomic E-state index is 0.936. The maximum atomic E-state index is 4.32. The van der Waals surface area contributed by atoms with E-state index in [1.807, 2.05) is 19.3 Å². The molecule has 1 N–H and O–H groups in total. The summed E-state index contributed by atoms with van der Waals surface area (Å²) in [6, 6.07) is 4.17. The summed E-state index contributed by atoms with van der Waals surface area (Å²) >= 11 is 0. The second-order valence-corrected chi connectivity index (χ2v) is 3.70. The van der Waals surface area contributed by atoms with Gasteiger partial charge in [0.1, 0.15) is 5.82 Å². The third-order valence-electron chi connectivity index (χ3n) is 2.73. The van der Waals surface area contributed by atoms with Crippen LogP contribution in [0.4, 0.5) is 11.5 Å². The molecule has 1 aliphatic heterocycles. The molecule has 3 heteroatoms. The SMILES string of the molecule is CNc1ccc(N2CCCCC2)cn1. The van der Waals surface area contributed by atoms with Gasteiger partial charge in [-0.15, -0.1) is 0 Å². The van der Waals surface area contributed by atoms with Crippen LogP contribution in [-0.2, 0) is 0 Å². The lowest BCUT2D eigenvalue weighted by Crippen LogP contribution is -2.29. The fourth-order valence-corrected chi connectivity index (χ4v) is 1.87. The van der Waals surface area contributed by atoms with Gasteiger partial charge in [-0.25, -0.2) is 4.98 Å². The van der Waals surface area contributed by atoms with E-state index < -0.39 is 0 Å². The van der Waals surface area contributed by atoms with Gasteiger partial charge in [0.15, 0.2) is 0 Å². The summed E-state index contributed by atoms with van der Waals surface area (Å²) in [5.41, 5.74) is 1.25. The second kappa shape index (κ2) is 4.31. The molecule has 2 heterocycles. The van der Waals surface area contributed by atoms with Crippen molar-refractivity contribution >= 4 is 11.5 Å². The Labute approximate surface area is 85.1 Å². The molecule has 0 atom stereocenters. The van der Waals surface area contributed by atoms with Crippen molar-refractivity contribution in [2.45, 2.75) is 19.3 Å². The Morgan fingerprint density at radius 3 is 2.57 bits per heavy atom. The number of anilines is 2. The van der Waals surface area contributed by atoms with Crippen molar-refractivity contribution in [3.8, 4) is 0 Å². The highest BCUT2D eigenvalue weighted by molar-refractivity contribution is 5.49. The molecule has 2 rings (SSSR count). The van der Waals surface area contributed by atoms with Crippen molar-refractivity contribution in [3.63, 3.8) is 0 Å². The molecule has 0 spiro atoms. The minimum atomic E-state index is 0.936. The Balaban J connectivity index is 2.07. The summed E-state index contributed by atoms with van der Waals surface area (Å²) in [6.07, 6.45) is 5.96. The third kappa shape index (κ3) is 1.97. The normalized spacial score (nSPS) is 16.8. The van der Waals surface area contributed by atoms with Gasteiger partial charge in [-0.3, -0.25) is 0 Å². The van der Waals surface area contributed by atoms with Crippen LogP contribution in [0.25, 0.3) is 0 Å². The highest BCUT2D eigenvalue weighted by Gasteiger charge is 2.10. The van der Waals surface area contributed by atoms with Gasteiger partial charge in [-0.1, -0.05) is 0 Å². The molecule has 1 aromatic rings. The number of piperidine rings is 1. The van der Waals surface area contributed by atoms with E-state index in [1.54, 1.807) is 0 Å². The van der Waals surface area contributed by atoms with Crippen LogP contribution >= 0.6 is 0 Å². The number of nitrogens with one attached hydrogen (secondary N) is 1. The number of hydrogen-bond acceptors (Lipinski definition) is 3. The van der Waals surface area contributed by atoms with E-state index >= 15 is 0 Å². The second-order valence-electron chi connectivity index (χ2n) is 3.70. The standard InChI is InChI=1S/C11H17N3/c1-12-11-6-5-10(9-13-11)14-7-3-2-4-8-14/h5-6,9H,2-4,7-8H2,1H3,(H,12,13). The molecule has 76 valence electrons. The molecule has 14 heavy (non-hydrogen) atoms. The summed E-state index contributed by atoms with van der Waals surface area (Å²) in [5, 5.41) is 3.03. The third-order valence-corrected chi connectivity index (χ3v) is 2.73. The first-order valence-electron chi connectivity index (χ1n) is 5.29. The molecule has 1 aromatic heterocycles. The predicted octanol–water partition coefficient (Wildman–Crippen LogP) is 2.11. The van der Waals surface area contributed by atoms with Gasteiger partial charge in [0.25, 0.3) is 0 Å². The lowest BCUT2D eigenvalue weighted by molar-refractivity contribution is 0.577. The van der Waals surface area contributed by atoms with E-state index in [0.29, 0.717) is 0 Å². The van der Waals surface area contributed by atoms with Gasteiger partial charge in [0.05, 0.1) is 11.9 Å². The number of pyridine rings is 1. The summed E-state index contributed by atoms with van der Waals surface area (Å²) in [5.74, 6) is 0.936. The van der Waals surface area contributed by atoms with E-state index in [9.17, 15) is 0 Å². The maximum absolute atomic E-state index is 4.32. The monoisotopic (exact) mass is 191 g/mol. The van der Waals surface area contributed by atoms with Crippen molar-refractivity contribution in [3.05, 3.63) is 18.3 Å². The van der Waals surface area contributed by atoms with Gasteiger partial charge in [0, 0.05) is 20.1 Å². The summed E-state index contributed by atoms with van der Waals surface area (Å²) in [6.45, 7) is 2.36. The van der Waals surface area contributed by atoms with E-state index in [0.717, 1.165) is 5.82 Å². The zero-order chi connectivity index (χ0) is 9.80. The molecule has 1 aliphatic rings. The topological polar surface area (TPSA) is 28.2 Å². The van der Waals surface area contributed by atoms with E-state index in [1.165, 1.54) is 38.0 Å². The lowest BCUT2D eigenvalue weighted by Gasteiger charge is -2.28. The van der Waals surface area contributed by atoms with Crippen molar-refractivity contribution in [1.82, 2.24) is 4.98 Å². The molecule has 1 saturated heterocycles. The molecule has 3 nitrogen and oxygen atoms in total. The maximum Gasteiger partial charge on any atom is 0.125 e. The van der Waals surface area contributed by atoms with Crippen LogP contribution in [0.5, 0.6) is 0 Å². The van der Waals surface area contributed by atoms with Crippen LogP contribution in [-0.4, -0.2) is 25.1 Å². The van der Waals surface area contributed by atoms with Crippen LogP contribution < -0.4 is 10.2 Å². The molecule has 0 amide bonds. The van der Waals surface area contributed by atoms with Gasteiger partial charge in [0.2, 0.25) is 0 Å². The van der Waals surface area contributed by atoms with Crippen LogP contribution in [0.3, 0.4) is 0 Å². The summed E-state index contributed by atoms with van der Waals surface area (Å²) in [7, 11) is 1.89. The fourth-order valence-electron chi connectivity index (χ4n) is 1.87. The highest BCUT2D eigenvalue weighted by Crippen LogP contribution is 2.19. The molecule has 0 unspecified atom stereocenters. The highest BCUT2D eigenvalue weighted by atomic mass is 15.1. The molecule has 0 radical (unpaired) electrons. The predicted molar refractivity (Wildman–Crippen MR) is 59.8 cm³/mol. The summed E-state index contributed by atoms with van der Waals surface area (Å²) < 4.78 is 0. The average molecular weight is 191 g/mol. The number of hydrogen-bond donors (Lipinski definition) is 1. The largest absolute Gasteiger partial charge is 0.373 e. The van der Waals surface area contributed by atoms with E-state index in [-0.39, 0.29) is 0 Å². The van der Waals surface area contributed by atoms with Crippen molar-refractivity contribution in [2.24, 2.45) is 0 Å². The van der Waals surface area contributed by atoms with Gasteiger partial charge < -0.3 is 10.2 Å². The Morgan fingerprint density at radius 1 is 1.21 bits per heavy atom. The van der Waals surface area contributed by atoms with E-state index in [2.05, 4.69) is 21.3 Å². The van der Waals surface area contributed by atoms with Crippen LogP contribution in [0.1, 0.15) is 19.3 Å². The first kappa shape index (κ1) is 9.31.